The lowest BCUT2D eigenvalue weighted by Crippen LogP contribution is -2.23. The number of rotatable bonds is 2. The van der Waals surface area contributed by atoms with Crippen molar-refractivity contribution in [2.24, 2.45) is 0 Å². The molecule has 0 saturated heterocycles. The van der Waals surface area contributed by atoms with Crippen LogP contribution in [0.4, 0.5) is 36.8 Å². The first-order valence-corrected chi connectivity index (χ1v) is 4.34. The summed E-state index contributed by atoms with van der Waals surface area (Å²) in [6.45, 7) is -1.86. The Bertz CT molecular complexity index is 436. The summed E-state index contributed by atoms with van der Waals surface area (Å²) in [7, 11) is 0. The molecule has 1 rings (SSSR count). The number of carbonyl (C=O) groups excluding carboxylic acids is 1. The largest absolute Gasteiger partial charge is 0.440 e. The van der Waals surface area contributed by atoms with Crippen molar-refractivity contribution in [1.82, 2.24) is 0 Å². The monoisotopic (exact) mass is 273 g/mol. The molecule has 0 heterocycles. The van der Waals surface area contributed by atoms with Crippen LogP contribution >= 0.6 is 0 Å². The van der Waals surface area contributed by atoms with Crippen LogP contribution in [0.5, 0.6) is 0 Å². The van der Waals surface area contributed by atoms with Crippen molar-refractivity contribution in [3.8, 4) is 0 Å². The van der Waals surface area contributed by atoms with Gasteiger partial charge < -0.3 is 4.74 Å². The van der Waals surface area contributed by atoms with Crippen molar-refractivity contribution in [3.05, 3.63) is 29.6 Å². The second-order valence-corrected chi connectivity index (χ2v) is 3.07. The average Bonchev–Trinajstić information content (AvgIpc) is 2.22. The number of hydrogen-bond donors (Lipinski definition) is 1. The molecule has 0 radical (unpaired) electrons. The van der Waals surface area contributed by atoms with Crippen molar-refractivity contribution in [1.29, 1.82) is 0 Å². The zero-order valence-corrected chi connectivity index (χ0v) is 8.45. The minimum absolute atomic E-state index is 0.396. The van der Waals surface area contributed by atoms with Gasteiger partial charge in [0.1, 0.15) is 0 Å². The van der Waals surface area contributed by atoms with Gasteiger partial charge in [-0.1, -0.05) is 0 Å². The van der Waals surface area contributed by atoms with Crippen molar-refractivity contribution in [2.45, 2.75) is 6.18 Å². The van der Waals surface area contributed by atoms with Crippen LogP contribution in [0.1, 0.15) is 0 Å². The molecule has 0 unspecified atom stereocenters. The fraction of sp³-hybridized carbons (Fsp3) is 0.222. The van der Waals surface area contributed by atoms with Crippen LogP contribution in [0.15, 0.2) is 12.1 Å². The zero-order chi connectivity index (χ0) is 13.9. The van der Waals surface area contributed by atoms with Gasteiger partial charge in [0.2, 0.25) is 0 Å². The summed E-state index contributed by atoms with van der Waals surface area (Å²) in [4.78, 5) is 10.8. The van der Waals surface area contributed by atoms with E-state index in [-0.39, 0.29) is 0 Å². The third-order valence-corrected chi connectivity index (χ3v) is 1.60. The Morgan fingerprint density at radius 2 is 1.67 bits per heavy atom. The van der Waals surface area contributed by atoms with Gasteiger partial charge in [-0.15, -0.1) is 0 Å². The molecular formula is C9H5F6NO2. The Balaban J connectivity index is 2.65. The molecule has 0 saturated carbocycles. The summed E-state index contributed by atoms with van der Waals surface area (Å²) in [6, 6.07) is 0.792. The molecular weight excluding hydrogens is 268 g/mol. The molecule has 0 aliphatic rings. The van der Waals surface area contributed by atoms with Crippen LogP contribution in [0, 0.1) is 17.5 Å². The highest BCUT2D eigenvalue weighted by Gasteiger charge is 2.29. The molecule has 18 heavy (non-hydrogen) atoms. The minimum atomic E-state index is -4.73. The summed E-state index contributed by atoms with van der Waals surface area (Å²) in [5.41, 5.74) is -0.571. The number of amides is 1. The maximum atomic E-state index is 12.7. The first-order chi connectivity index (χ1) is 8.19. The number of carbonyl (C=O) groups is 1. The van der Waals surface area contributed by atoms with Crippen LogP contribution in [-0.2, 0) is 4.74 Å². The number of ether oxygens (including phenoxy) is 1. The van der Waals surface area contributed by atoms with Crippen LogP contribution < -0.4 is 5.32 Å². The second kappa shape index (κ2) is 5.15. The molecule has 0 spiro atoms. The average molecular weight is 273 g/mol. The van der Waals surface area contributed by atoms with E-state index in [9.17, 15) is 31.1 Å². The number of halogens is 6. The van der Waals surface area contributed by atoms with Gasteiger partial charge in [0.25, 0.3) is 0 Å². The van der Waals surface area contributed by atoms with Gasteiger partial charge in [0.15, 0.2) is 24.1 Å². The van der Waals surface area contributed by atoms with E-state index in [4.69, 9.17) is 0 Å². The fourth-order valence-electron chi connectivity index (χ4n) is 0.929. The van der Waals surface area contributed by atoms with E-state index in [2.05, 4.69) is 4.74 Å². The van der Waals surface area contributed by atoms with Crippen molar-refractivity contribution in [2.75, 3.05) is 11.9 Å². The predicted octanol–water partition coefficient (Wildman–Crippen LogP) is 3.21. The van der Waals surface area contributed by atoms with Crippen LogP contribution in [0.2, 0.25) is 0 Å². The SMILES string of the molecule is O=C(Nc1cc(F)c(F)c(F)c1)OCC(F)(F)F. The van der Waals surface area contributed by atoms with E-state index in [0.29, 0.717) is 12.1 Å². The number of nitrogens with one attached hydrogen (secondary N) is 1. The molecule has 9 heteroatoms. The Kier molecular flexibility index (Phi) is 4.04. The lowest BCUT2D eigenvalue weighted by atomic mass is 10.3. The first kappa shape index (κ1) is 14.1. The van der Waals surface area contributed by atoms with Gasteiger partial charge in [-0.05, 0) is 0 Å². The second-order valence-electron chi connectivity index (χ2n) is 3.07. The topological polar surface area (TPSA) is 38.3 Å². The molecule has 0 aromatic heterocycles. The summed E-state index contributed by atoms with van der Waals surface area (Å²) in [5.74, 6) is -4.95. The highest BCUT2D eigenvalue weighted by molar-refractivity contribution is 5.84. The third-order valence-electron chi connectivity index (χ3n) is 1.60. The number of alkyl halides is 3. The summed E-state index contributed by atoms with van der Waals surface area (Å²) in [6.07, 6.45) is -6.30. The lowest BCUT2D eigenvalue weighted by Gasteiger charge is -2.09. The van der Waals surface area contributed by atoms with Crippen molar-refractivity contribution in [3.63, 3.8) is 0 Å². The molecule has 0 atom stereocenters. The van der Waals surface area contributed by atoms with Crippen LogP contribution in [0.3, 0.4) is 0 Å². The Morgan fingerprint density at radius 3 is 2.11 bits per heavy atom. The number of anilines is 1. The van der Waals surface area contributed by atoms with Gasteiger partial charge in [0, 0.05) is 12.1 Å². The fourth-order valence-corrected chi connectivity index (χ4v) is 0.929. The van der Waals surface area contributed by atoms with Gasteiger partial charge in [-0.3, -0.25) is 5.32 Å². The highest BCUT2D eigenvalue weighted by atomic mass is 19.4. The maximum absolute atomic E-state index is 12.7. The van der Waals surface area contributed by atoms with Crippen LogP contribution in [0.25, 0.3) is 0 Å². The van der Waals surface area contributed by atoms with Gasteiger partial charge in [-0.25, -0.2) is 18.0 Å². The van der Waals surface area contributed by atoms with Gasteiger partial charge >= 0.3 is 12.3 Å². The van der Waals surface area contributed by atoms with E-state index >= 15 is 0 Å². The van der Waals surface area contributed by atoms with Crippen LogP contribution in [-0.4, -0.2) is 18.9 Å². The smallest absolute Gasteiger partial charge is 0.422 e. The molecule has 0 bridgehead atoms. The van der Waals surface area contributed by atoms with Crippen molar-refractivity contribution < 1.29 is 35.9 Å². The Hall–Kier alpha value is -1.93. The summed E-state index contributed by atoms with van der Waals surface area (Å²) >= 11 is 0. The summed E-state index contributed by atoms with van der Waals surface area (Å²) < 4.78 is 76.6. The summed E-state index contributed by atoms with van der Waals surface area (Å²) in [5, 5.41) is 1.62. The molecule has 1 aromatic carbocycles. The van der Waals surface area contributed by atoms with E-state index in [0.717, 1.165) is 0 Å². The molecule has 1 amide bonds. The molecule has 1 aromatic rings. The lowest BCUT2D eigenvalue weighted by molar-refractivity contribution is -0.159. The van der Waals surface area contributed by atoms with E-state index in [1.807, 2.05) is 0 Å². The quantitative estimate of drug-likeness (QED) is 0.663. The first-order valence-electron chi connectivity index (χ1n) is 4.34. The van der Waals surface area contributed by atoms with Gasteiger partial charge in [-0.2, -0.15) is 13.2 Å². The molecule has 1 N–H and O–H groups in total. The number of hydrogen-bond acceptors (Lipinski definition) is 2. The van der Waals surface area contributed by atoms with Crippen molar-refractivity contribution >= 4 is 11.8 Å². The molecule has 0 fully saturated rings. The molecule has 0 aliphatic carbocycles. The highest BCUT2D eigenvalue weighted by Crippen LogP contribution is 2.18. The molecule has 3 nitrogen and oxygen atoms in total. The van der Waals surface area contributed by atoms with E-state index in [1.54, 1.807) is 5.32 Å². The molecule has 100 valence electrons. The van der Waals surface area contributed by atoms with E-state index < -0.39 is 42.0 Å². The normalized spacial score (nSPS) is 11.2. The van der Waals surface area contributed by atoms with E-state index in [1.165, 1.54) is 0 Å². The van der Waals surface area contributed by atoms with Gasteiger partial charge in [0.05, 0.1) is 5.69 Å². The maximum Gasteiger partial charge on any atom is 0.422 e. The molecule has 0 aliphatic heterocycles. The Morgan fingerprint density at radius 1 is 1.17 bits per heavy atom. The minimum Gasteiger partial charge on any atom is -0.440 e. The number of benzene rings is 1. The Labute approximate surface area is 96.3 Å². The third kappa shape index (κ3) is 4.15. The zero-order valence-electron chi connectivity index (χ0n) is 8.45. The predicted molar refractivity (Wildman–Crippen MR) is 47.3 cm³/mol. The standard InChI is InChI=1S/C9H5F6NO2/c10-5-1-4(2-6(11)7(5)12)16-8(17)18-3-9(13,14)15/h1-2H,3H2,(H,16,17).